The monoisotopic (exact) mass is 218 g/mol. The van der Waals surface area contributed by atoms with E-state index in [-0.39, 0.29) is 11.7 Å². The van der Waals surface area contributed by atoms with Crippen molar-refractivity contribution in [2.24, 2.45) is 0 Å². The van der Waals surface area contributed by atoms with Crippen LogP contribution in [0.25, 0.3) is 5.65 Å². The number of ether oxygens (including phenoxy) is 1. The highest BCUT2D eigenvalue weighted by molar-refractivity contribution is 5.43. The van der Waals surface area contributed by atoms with Crippen LogP contribution >= 0.6 is 0 Å². The predicted molar refractivity (Wildman–Crippen MR) is 44.1 cm³/mol. The minimum absolute atomic E-state index is 0.0147. The molecule has 5 nitrogen and oxygen atoms in total. The molecular formula is C7H5F3N4O. The van der Waals surface area contributed by atoms with Crippen LogP contribution in [0.2, 0.25) is 0 Å². The van der Waals surface area contributed by atoms with Crippen molar-refractivity contribution in [3.05, 3.63) is 18.3 Å². The van der Waals surface area contributed by atoms with E-state index >= 15 is 0 Å². The van der Waals surface area contributed by atoms with Gasteiger partial charge in [0.2, 0.25) is 5.95 Å². The Kier molecular flexibility index (Phi) is 1.92. The molecule has 0 aromatic carbocycles. The lowest BCUT2D eigenvalue weighted by molar-refractivity contribution is -0.274. The second-order valence-corrected chi connectivity index (χ2v) is 2.69. The quantitative estimate of drug-likeness (QED) is 0.781. The first-order chi connectivity index (χ1) is 6.94. The van der Waals surface area contributed by atoms with E-state index in [9.17, 15) is 13.2 Å². The zero-order chi connectivity index (χ0) is 11.1. The van der Waals surface area contributed by atoms with Crippen molar-refractivity contribution in [3.63, 3.8) is 0 Å². The van der Waals surface area contributed by atoms with Crippen LogP contribution in [-0.2, 0) is 0 Å². The van der Waals surface area contributed by atoms with Gasteiger partial charge in [-0.25, -0.2) is 4.52 Å². The first kappa shape index (κ1) is 9.56. The lowest BCUT2D eigenvalue weighted by Gasteiger charge is -2.07. The molecule has 0 saturated heterocycles. The summed E-state index contributed by atoms with van der Waals surface area (Å²) in [6.45, 7) is 0. The summed E-state index contributed by atoms with van der Waals surface area (Å²) in [5, 5.41) is 3.64. The fourth-order valence-electron chi connectivity index (χ4n) is 1.08. The number of pyridine rings is 1. The normalized spacial score (nSPS) is 11.9. The number of nitrogens with two attached hydrogens (primary N) is 1. The van der Waals surface area contributed by atoms with Crippen molar-refractivity contribution in [2.75, 3.05) is 5.73 Å². The number of halogens is 3. The number of aromatic nitrogens is 3. The molecule has 0 unspecified atom stereocenters. The third-order valence-electron chi connectivity index (χ3n) is 1.55. The smallest absolute Gasteiger partial charge is 0.404 e. The molecule has 0 aliphatic rings. The largest absolute Gasteiger partial charge is 0.573 e. The SMILES string of the molecule is Nc1nc2ccc(OC(F)(F)F)cn2n1. The summed E-state index contributed by atoms with van der Waals surface area (Å²) in [5.74, 6) is -0.390. The number of nitrogens with zero attached hydrogens (tertiary/aromatic N) is 3. The van der Waals surface area contributed by atoms with E-state index in [1.807, 2.05) is 0 Å². The van der Waals surface area contributed by atoms with E-state index in [4.69, 9.17) is 5.73 Å². The number of hydrogen-bond acceptors (Lipinski definition) is 4. The number of alkyl halides is 3. The molecule has 0 saturated carbocycles. The van der Waals surface area contributed by atoms with Crippen molar-refractivity contribution < 1.29 is 17.9 Å². The standard InChI is InChI=1S/C7H5F3N4O/c8-7(9,10)15-4-1-2-5-12-6(11)13-14(5)3-4/h1-3H,(H2,11,13). The van der Waals surface area contributed by atoms with Crippen molar-refractivity contribution in [1.82, 2.24) is 14.6 Å². The highest BCUT2D eigenvalue weighted by Crippen LogP contribution is 2.22. The number of anilines is 1. The molecule has 0 fully saturated rings. The summed E-state index contributed by atoms with van der Waals surface area (Å²) in [5.41, 5.74) is 5.61. The Bertz CT molecular complexity index is 492. The molecule has 2 aromatic rings. The van der Waals surface area contributed by atoms with E-state index in [0.29, 0.717) is 5.65 Å². The summed E-state index contributed by atoms with van der Waals surface area (Å²) >= 11 is 0. The van der Waals surface area contributed by atoms with Crippen LogP contribution in [0.15, 0.2) is 18.3 Å². The molecule has 0 atom stereocenters. The zero-order valence-corrected chi connectivity index (χ0v) is 7.19. The highest BCUT2D eigenvalue weighted by atomic mass is 19.4. The molecule has 0 aliphatic carbocycles. The molecule has 2 aromatic heterocycles. The Balaban J connectivity index is 2.38. The second-order valence-electron chi connectivity index (χ2n) is 2.69. The van der Waals surface area contributed by atoms with Crippen LogP contribution in [0, 0.1) is 0 Å². The van der Waals surface area contributed by atoms with Gasteiger partial charge in [0.15, 0.2) is 5.65 Å². The van der Waals surface area contributed by atoms with E-state index in [1.165, 1.54) is 6.07 Å². The summed E-state index contributed by atoms with van der Waals surface area (Å²) < 4.78 is 40.4. The van der Waals surface area contributed by atoms with Crippen molar-refractivity contribution in [3.8, 4) is 5.75 Å². The van der Waals surface area contributed by atoms with E-state index in [0.717, 1.165) is 16.8 Å². The molecule has 0 radical (unpaired) electrons. The number of nitrogen functional groups attached to an aromatic ring is 1. The third-order valence-corrected chi connectivity index (χ3v) is 1.55. The third kappa shape index (κ3) is 2.09. The number of fused-ring (bicyclic) bond motifs is 1. The van der Waals surface area contributed by atoms with Gasteiger partial charge in [0.25, 0.3) is 0 Å². The lowest BCUT2D eigenvalue weighted by Crippen LogP contribution is -2.17. The minimum Gasteiger partial charge on any atom is -0.404 e. The van der Waals surface area contributed by atoms with Crippen LogP contribution in [-0.4, -0.2) is 21.0 Å². The Morgan fingerprint density at radius 3 is 2.73 bits per heavy atom. The topological polar surface area (TPSA) is 65.4 Å². The van der Waals surface area contributed by atoms with E-state index in [2.05, 4.69) is 14.8 Å². The van der Waals surface area contributed by atoms with Gasteiger partial charge in [0.05, 0.1) is 6.20 Å². The van der Waals surface area contributed by atoms with Gasteiger partial charge in [0, 0.05) is 0 Å². The minimum atomic E-state index is -4.72. The summed E-state index contributed by atoms with van der Waals surface area (Å²) in [4.78, 5) is 3.74. The Hall–Kier alpha value is -1.99. The Morgan fingerprint density at radius 2 is 2.07 bits per heavy atom. The van der Waals surface area contributed by atoms with Crippen molar-refractivity contribution >= 4 is 11.6 Å². The van der Waals surface area contributed by atoms with Gasteiger partial charge in [-0.2, -0.15) is 4.98 Å². The van der Waals surface area contributed by atoms with Crippen molar-refractivity contribution in [2.45, 2.75) is 6.36 Å². The number of rotatable bonds is 1. The maximum atomic E-state index is 11.9. The molecule has 15 heavy (non-hydrogen) atoms. The Morgan fingerprint density at radius 1 is 1.33 bits per heavy atom. The van der Waals surface area contributed by atoms with Crippen LogP contribution in [0.1, 0.15) is 0 Å². The fourth-order valence-corrected chi connectivity index (χ4v) is 1.08. The Labute approximate surface area is 81.3 Å². The maximum Gasteiger partial charge on any atom is 0.573 e. The molecule has 2 heterocycles. The molecule has 8 heteroatoms. The van der Waals surface area contributed by atoms with Crippen molar-refractivity contribution in [1.29, 1.82) is 0 Å². The first-order valence-corrected chi connectivity index (χ1v) is 3.82. The maximum absolute atomic E-state index is 11.9. The average molecular weight is 218 g/mol. The number of hydrogen-bond donors (Lipinski definition) is 1. The van der Waals surface area contributed by atoms with Crippen LogP contribution in [0.3, 0.4) is 0 Å². The summed E-state index contributed by atoms with van der Waals surface area (Å²) in [6.07, 6.45) is -3.67. The van der Waals surface area contributed by atoms with Crippen LogP contribution in [0.4, 0.5) is 19.1 Å². The molecule has 2 rings (SSSR count). The molecule has 80 valence electrons. The van der Waals surface area contributed by atoms with Gasteiger partial charge in [-0.3, -0.25) is 0 Å². The lowest BCUT2D eigenvalue weighted by atomic mass is 10.4. The van der Waals surface area contributed by atoms with Crippen LogP contribution in [0.5, 0.6) is 5.75 Å². The van der Waals surface area contributed by atoms with Crippen LogP contribution < -0.4 is 10.5 Å². The molecule has 2 N–H and O–H groups in total. The van der Waals surface area contributed by atoms with E-state index < -0.39 is 6.36 Å². The second kappa shape index (κ2) is 3.01. The van der Waals surface area contributed by atoms with Gasteiger partial charge in [-0.05, 0) is 12.1 Å². The molecule has 0 bridgehead atoms. The molecule has 0 aliphatic heterocycles. The fraction of sp³-hybridized carbons (Fsp3) is 0.143. The average Bonchev–Trinajstić information content (AvgIpc) is 2.40. The summed E-state index contributed by atoms with van der Waals surface area (Å²) in [7, 11) is 0. The molecule has 0 amide bonds. The van der Waals surface area contributed by atoms with Gasteiger partial charge in [0.1, 0.15) is 5.75 Å². The van der Waals surface area contributed by atoms with Gasteiger partial charge in [-0.1, -0.05) is 0 Å². The predicted octanol–water partition coefficient (Wildman–Crippen LogP) is 1.21. The molecule has 0 spiro atoms. The summed E-state index contributed by atoms with van der Waals surface area (Å²) in [6, 6.07) is 2.46. The zero-order valence-electron chi connectivity index (χ0n) is 7.19. The highest BCUT2D eigenvalue weighted by Gasteiger charge is 2.31. The van der Waals surface area contributed by atoms with Gasteiger partial charge in [-0.15, -0.1) is 18.3 Å². The first-order valence-electron chi connectivity index (χ1n) is 3.82. The molecular weight excluding hydrogens is 213 g/mol. The van der Waals surface area contributed by atoms with Gasteiger partial charge >= 0.3 is 6.36 Å². The van der Waals surface area contributed by atoms with E-state index in [1.54, 1.807) is 0 Å². The van der Waals surface area contributed by atoms with Gasteiger partial charge < -0.3 is 10.5 Å².